The van der Waals surface area contributed by atoms with Crippen molar-refractivity contribution in [3.05, 3.63) is 24.3 Å². The van der Waals surface area contributed by atoms with Gasteiger partial charge < -0.3 is 25.3 Å². The molecule has 0 aliphatic carbocycles. The van der Waals surface area contributed by atoms with Crippen LogP contribution >= 0.6 is 23.9 Å². The lowest BCUT2D eigenvalue weighted by Crippen LogP contribution is -2.14. The second-order valence-corrected chi connectivity index (χ2v) is 6.79. The maximum Gasteiger partial charge on any atom is 0.229 e. The third-order valence-electron chi connectivity index (χ3n) is 2.92. The molecule has 0 unspecified atom stereocenters. The average molecular weight is 382 g/mol. The minimum atomic E-state index is -0.163. The molecule has 12 heteroatoms. The number of rotatable bonds is 5. The first-order valence-corrected chi connectivity index (χ1v) is 8.39. The van der Waals surface area contributed by atoms with Gasteiger partial charge in [0.15, 0.2) is 0 Å². The van der Waals surface area contributed by atoms with Crippen molar-refractivity contribution in [2.45, 2.75) is 10.3 Å². The molecule has 0 amide bonds. The van der Waals surface area contributed by atoms with E-state index >= 15 is 0 Å². The van der Waals surface area contributed by atoms with E-state index in [1.807, 2.05) is 0 Å². The quantitative estimate of drug-likeness (QED) is 0.514. The summed E-state index contributed by atoms with van der Waals surface area (Å²) >= 11 is 1.79. The van der Waals surface area contributed by atoms with Gasteiger partial charge in [0, 0.05) is 62.3 Å². The highest BCUT2D eigenvalue weighted by atomic mass is 32.2. The molecule has 0 radical (unpaired) electrons. The van der Waals surface area contributed by atoms with Gasteiger partial charge in [-0.15, -0.1) is 0 Å². The summed E-state index contributed by atoms with van der Waals surface area (Å²) in [6.45, 7) is 0. The van der Waals surface area contributed by atoms with Crippen LogP contribution in [0.3, 0.4) is 0 Å². The van der Waals surface area contributed by atoms with Crippen LogP contribution in [0.5, 0.6) is 23.5 Å². The van der Waals surface area contributed by atoms with E-state index in [-0.39, 0.29) is 33.8 Å². The van der Waals surface area contributed by atoms with Gasteiger partial charge in [-0.2, -0.15) is 15.0 Å². The van der Waals surface area contributed by atoms with E-state index in [1.54, 1.807) is 19.0 Å². The highest BCUT2D eigenvalue weighted by Crippen LogP contribution is 2.34. The molecule has 0 aliphatic heterocycles. The fourth-order valence-corrected chi connectivity index (χ4v) is 3.27. The van der Waals surface area contributed by atoms with Crippen LogP contribution in [0.25, 0.3) is 0 Å². The van der Waals surface area contributed by atoms with E-state index in [2.05, 4.69) is 15.0 Å². The van der Waals surface area contributed by atoms with E-state index < -0.39 is 0 Å². The minimum Gasteiger partial charge on any atom is -0.494 e. The molecule has 10 nitrogen and oxygen atoms in total. The lowest BCUT2D eigenvalue weighted by Gasteiger charge is -2.13. The summed E-state index contributed by atoms with van der Waals surface area (Å²) < 4.78 is 2.29. The van der Waals surface area contributed by atoms with Crippen LogP contribution in [0, 0.1) is 0 Å². The summed E-state index contributed by atoms with van der Waals surface area (Å²) in [6, 6.07) is 5.34. The van der Waals surface area contributed by atoms with Crippen LogP contribution in [0.1, 0.15) is 0 Å². The monoisotopic (exact) mass is 382 g/mol. The van der Waals surface area contributed by atoms with Gasteiger partial charge in [0.05, 0.1) is 0 Å². The summed E-state index contributed by atoms with van der Waals surface area (Å²) in [7, 11) is 3.49. The van der Waals surface area contributed by atoms with E-state index in [1.165, 1.54) is 24.3 Å². The topological polar surface area (TPSA) is 133 Å². The largest absolute Gasteiger partial charge is 0.494 e. The Hall–Kier alpha value is -2.73. The molecule has 0 bridgehead atoms. The number of hydrogen-bond donors (Lipinski definition) is 4. The average Bonchev–Trinajstić information content (AvgIpc) is 3.05. The standard InChI is InChI=1S/C13H14N6O4S2/c1-17(2)11-14-12(24-18-7(20)3-4-8(18)21)16-13(15-11)25-19-9(22)5-6-10(19)23/h3-6,20-23H,1-2H3. The molecule has 4 N–H and O–H groups in total. The predicted molar refractivity (Wildman–Crippen MR) is 92.2 cm³/mol. The van der Waals surface area contributed by atoms with Gasteiger partial charge in [-0.05, 0) is 0 Å². The molecule has 0 saturated heterocycles. The van der Waals surface area contributed by atoms with Crippen molar-refractivity contribution in [2.24, 2.45) is 0 Å². The minimum absolute atomic E-state index is 0.163. The number of aromatic nitrogens is 5. The molecule has 132 valence electrons. The number of anilines is 1. The normalized spacial score (nSPS) is 11.0. The smallest absolute Gasteiger partial charge is 0.229 e. The molecule has 0 aliphatic rings. The van der Waals surface area contributed by atoms with Crippen LogP contribution in [0.4, 0.5) is 5.95 Å². The Morgan fingerprint density at radius 3 is 1.40 bits per heavy atom. The van der Waals surface area contributed by atoms with Gasteiger partial charge in [-0.25, -0.2) is 7.94 Å². The van der Waals surface area contributed by atoms with Crippen molar-refractivity contribution in [2.75, 3.05) is 19.0 Å². The summed E-state index contributed by atoms with van der Waals surface area (Å²) in [6.07, 6.45) is 0. The highest BCUT2D eigenvalue weighted by Gasteiger charge is 2.16. The summed E-state index contributed by atoms with van der Waals surface area (Å²) in [5.74, 6) is -0.320. The van der Waals surface area contributed by atoms with Crippen molar-refractivity contribution >= 4 is 29.8 Å². The molecule has 0 saturated carbocycles. The molecular weight excluding hydrogens is 368 g/mol. The van der Waals surface area contributed by atoms with Crippen LogP contribution in [0.2, 0.25) is 0 Å². The first kappa shape index (κ1) is 17.1. The van der Waals surface area contributed by atoms with Crippen molar-refractivity contribution < 1.29 is 20.4 Å². The van der Waals surface area contributed by atoms with Gasteiger partial charge in [-0.1, -0.05) is 0 Å². The number of nitrogens with zero attached hydrogens (tertiary/aromatic N) is 6. The Labute approximate surface area is 150 Å². The molecule has 25 heavy (non-hydrogen) atoms. The van der Waals surface area contributed by atoms with Crippen LogP contribution in [0.15, 0.2) is 34.6 Å². The molecule has 3 heterocycles. The third kappa shape index (κ3) is 3.53. The van der Waals surface area contributed by atoms with Gasteiger partial charge in [0.1, 0.15) is 0 Å². The lowest BCUT2D eigenvalue weighted by molar-refractivity contribution is 0.415. The molecule has 0 aromatic carbocycles. The van der Waals surface area contributed by atoms with Gasteiger partial charge >= 0.3 is 0 Å². The predicted octanol–water partition coefficient (Wildman–Crippen LogP) is 1.47. The molecule has 3 rings (SSSR count). The van der Waals surface area contributed by atoms with Crippen molar-refractivity contribution in [3.63, 3.8) is 0 Å². The maximum absolute atomic E-state index is 9.75. The van der Waals surface area contributed by atoms with Gasteiger partial charge in [0.25, 0.3) is 0 Å². The molecule has 3 aromatic rings. The van der Waals surface area contributed by atoms with Crippen molar-refractivity contribution in [3.8, 4) is 23.5 Å². The highest BCUT2D eigenvalue weighted by molar-refractivity contribution is 7.98. The Morgan fingerprint density at radius 1 is 0.720 bits per heavy atom. The zero-order valence-corrected chi connectivity index (χ0v) is 14.7. The van der Waals surface area contributed by atoms with E-state index in [0.717, 1.165) is 31.8 Å². The van der Waals surface area contributed by atoms with Crippen molar-refractivity contribution in [1.82, 2.24) is 22.9 Å². The zero-order valence-electron chi connectivity index (χ0n) is 13.1. The summed E-state index contributed by atoms with van der Waals surface area (Å²) in [5.41, 5.74) is 0. The molecule has 0 atom stereocenters. The maximum atomic E-state index is 9.75. The van der Waals surface area contributed by atoms with E-state index in [4.69, 9.17) is 0 Å². The zero-order chi connectivity index (χ0) is 18.1. The Morgan fingerprint density at radius 2 is 1.08 bits per heavy atom. The Bertz CT molecular complexity index is 805. The first-order valence-electron chi connectivity index (χ1n) is 6.84. The summed E-state index contributed by atoms with van der Waals surface area (Å²) in [5, 5.41) is 39.4. The van der Waals surface area contributed by atoms with E-state index in [9.17, 15) is 20.4 Å². The Kier molecular flexibility index (Phi) is 4.55. The SMILES string of the molecule is CN(C)c1nc(Sn2c(O)ccc2O)nc(Sn2c(O)ccc2O)n1. The molecule has 0 spiro atoms. The fraction of sp³-hybridized carbons (Fsp3) is 0.154. The Balaban J connectivity index is 1.97. The van der Waals surface area contributed by atoms with Gasteiger partial charge in [-0.3, -0.25) is 0 Å². The summed E-state index contributed by atoms with van der Waals surface area (Å²) in [4.78, 5) is 14.4. The molecule has 3 aromatic heterocycles. The second kappa shape index (κ2) is 6.64. The number of aromatic hydroxyl groups is 4. The van der Waals surface area contributed by atoms with Crippen LogP contribution < -0.4 is 4.90 Å². The van der Waals surface area contributed by atoms with Crippen molar-refractivity contribution in [1.29, 1.82) is 0 Å². The third-order valence-corrected chi connectivity index (χ3v) is 4.73. The van der Waals surface area contributed by atoms with Crippen LogP contribution in [-0.2, 0) is 0 Å². The van der Waals surface area contributed by atoms with Crippen LogP contribution in [-0.4, -0.2) is 57.4 Å². The lowest BCUT2D eigenvalue weighted by atomic mass is 10.6. The molecule has 0 fully saturated rings. The molecular formula is C13H14N6O4S2. The number of hydrogen-bond acceptors (Lipinski definition) is 10. The second-order valence-electron chi connectivity index (χ2n) is 4.97. The fourth-order valence-electron chi connectivity index (χ4n) is 1.76. The first-order chi connectivity index (χ1) is 11.8. The van der Waals surface area contributed by atoms with E-state index in [0.29, 0.717) is 5.95 Å². The van der Waals surface area contributed by atoms with Gasteiger partial charge in [0.2, 0.25) is 39.8 Å².